The first-order valence-electron chi connectivity index (χ1n) is 5.87. The molecule has 0 fully saturated rings. The summed E-state index contributed by atoms with van der Waals surface area (Å²) in [5, 5.41) is 12.1. The summed E-state index contributed by atoms with van der Waals surface area (Å²) in [5.41, 5.74) is 0.809. The molecule has 2 aromatic rings. The van der Waals surface area contributed by atoms with Crippen molar-refractivity contribution in [2.75, 3.05) is 6.54 Å². The van der Waals surface area contributed by atoms with Crippen molar-refractivity contribution in [3.05, 3.63) is 51.2 Å². The van der Waals surface area contributed by atoms with Crippen LogP contribution in [0.1, 0.15) is 16.5 Å². The Morgan fingerprint density at radius 3 is 2.75 bits per heavy atom. The van der Waals surface area contributed by atoms with Crippen LogP contribution in [0.15, 0.2) is 40.6 Å². The summed E-state index contributed by atoms with van der Waals surface area (Å²) in [6.07, 6.45) is -0.856. The van der Waals surface area contributed by atoms with E-state index in [9.17, 15) is 13.5 Å². The van der Waals surface area contributed by atoms with Gasteiger partial charge < -0.3 is 5.11 Å². The highest BCUT2D eigenvalue weighted by molar-refractivity contribution is 7.89. The number of aliphatic hydroxyl groups excluding tert-OH is 1. The quantitative estimate of drug-likeness (QED) is 0.885. The average Bonchev–Trinajstić information content (AvgIpc) is 2.93. The van der Waals surface area contributed by atoms with Crippen molar-refractivity contribution in [2.24, 2.45) is 0 Å². The lowest BCUT2D eigenvalue weighted by molar-refractivity contribution is 0.186. The van der Waals surface area contributed by atoms with Crippen molar-refractivity contribution < 1.29 is 13.5 Å². The van der Waals surface area contributed by atoms with Gasteiger partial charge in [0.2, 0.25) is 10.0 Å². The van der Waals surface area contributed by atoms with Crippen molar-refractivity contribution in [1.82, 2.24) is 4.72 Å². The topological polar surface area (TPSA) is 66.4 Å². The molecule has 20 heavy (non-hydrogen) atoms. The summed E-state index contributed by atoms with van der Waals surface area (Å²) >= 11 is 7.30. The van der Waals surface area contributed by atoms with Crippen molar-refractivity contribution in [2.45, 2.75) is 17.9 Å². The predicted molar refractivity (Wildman–Crippen MR) is 80.7 cm³/mol. The summed E-state index contributed by atoms with van der Waals surface area (Å²) in [6.45, 7) is 1.72. The molecule has 1 heterocycles. The number of halogens is 1. The van der Waals surface area contributed by atoms with Crippen LogP contribution in [0.2, 0.25) is 5.02 Å². The maximum Gasteiger partial charge on any atom is 0.240 e. The van der Waals surface area contributed by atoms with Crippen LogP contribution in [-0.4, -0.2) is 20.1 Å². The van der Waals surface area contributed by atoms with Crippen LogP contribution in [-0.2, 0) is 10.0 Å². The van der Waals surface area contributed by atoms with Crippen LogP contribution in [0, 0.1) is 6.92 Å². The van der Waals surface area contributed by atoms with Gasteiger partial charge >= 0.3 is 0 Å². The van der Waals surface area contributed by atoms with Gasteiger partial charge in [0, 0.05) is 16.4 Å². The van der Waals surface area contributed by atoms with Crippen molar-refractivity contribution in [1.29, 1.82) is 0 Å². The maximum absolute atomic E-state index is 12.1. The van der Waals surface area contributed by atoms with E-state index in [1.165, 1.54) is 23.5 Å². The number of sulfonamides is 1. The van der Waals surface area contributed by atoms with Crippen LogP contribution in [0.25, 0.3) is 0 Å². The minimum absolute atomic E-state index is 0.0751. The minimum atomic E-state index is -3.68. The number of thiophene rings is 1. The lowest BCUT2D eigenvalue weighted by atomic mass is 10.2. The zero-order valence-corrected chi connectivity index (χ0v) is 13.1. The molecule has 1 aromatic carbocycles. The Balaban J connectivity index is 2.09. The Hall–Kier alpha value is -0.920. The van der Waals surface area contributed by atoms with Gasteiger partial charge in [0.05, 0.1) is 4.90 Å². The molecule has 0 spiro atoms. The molecule has 0 saturated heterocycles. The summed E-state index contributed by atoms with van der Waals surface area (Å²) in [4.78, 5) is 0.807. The Bertz CT molecular complexity index is 684. The van der Waals surface area contributed by atoms with Gasteiger partial charge in [0.25, 0.3) is 0 Å². The predicted octanol–water partition coefficient (Wildman–Crippen LogP) is 2.72. The van der Waals surface area contributed by atoms with Gasteiger partial charge in [0.15, 0.2) is 0 Å². The van der Waals surface area contributed by atoms with Crippen molar-refractivity contribution in [3.8, 4) is 0 Å². The molecule has 0 saturated carbocycles. The lowest BCUT2D eigenvalue weighted by Crippen LogP contribution is -2.28. The Morgan fingerprint density at radius 1 is 1.40 bits per heavy atom. The number of nitrogens with one attached hydrogen (secondary N) is 1. The number of aryl methyl sites for hydroxylation is 1. The Morgan fingerprint density at radius 2 is 2.15 bits per heavy atom. The Labute approximate surface area is 127 Å². The van der Waals surface area contributed by atoms with Gasteiger partial charge in [-0.2, -0.15) is 0 Å². The molecule has 7 heteroatoms. The molecule has 0 bridgehead atoms. The van der Waals surface area contributed by atoms with Gasteiger partial charge in [-0.05, 0) is 36.1 Å². The largest absolute Gasteiger partial charge is 0.386 e. The number of hydrogen-bond acceptors (Lipinski definition) is 4. The van der Waals surface area contributed by atoms with E-state index >= 15 is 0 Å². The van der Waals surface area contributed by atoms with Crippen molar-refractivity contribution in [3.63, 3.8) is 0 Å². The SMILES string of the molecule is Cc1ccc(S(=O)(=O)NC[C@@H](O)c2cccs2)cc1Cl. The highest BCUT2D eigenvalue weighted by Crippen LogP contribution is 2.21. The van der Waals surface area contributed by atoms with E-state index in [4.69, 9.17) is 11.6 Å². The smallest absolute Gasteiger partial charge is 0.240 e. The molecule has 2 N–H and O–H groups in total. The molecule has 0 amide bonds. The van der Waals surface area contributed by atoms with Crippen LogP contribution in [0.3, 0.4) is 0 Å². The third-order valence-electron chi connectivity index (χ3n) is 2.79. The Kier molecular flexibility index (Phi) is 4.82. The van der Waals surface area contributed by atoms with Crippen LogP contribution >= 0.6 is 22.9 Å². The second-order valence-electron chi connectivity index (χ2n) is 4.29. The molecule has 1 atom stereocenters. The highest BCUT2D eigenvalue weighted by Gasteiger charge is 2.17. The minimum Gasteiger partial charge on any atom is -0.386 e. The van der Waals surface area contributed by atoms with E-state index in [-0.39, 0.29) is 11.4 Å². The summed E-state index contributed by atoms with van der Waals surface area (Å²) in [5.74, 6) is 0. The second kappa shape index (κ2) is 6.24. The first kappa shape index (κ1) is 15.5. The average molecular weight is 332 g/mol. The van der Waals surface area contributed by atoms with Crippen LogP contribution < -0.4 is 4.72 Å². The first-order valence-corrected chi connectivity index (χ1v) is 8.61. The fourth-order valence-corrected chi connectivity index (χ4v) is 3.62. The monoisotopic (exact) mass is 331 g/mol. The zero-order chi connectivity index (χ0) is 14.8. The van der Waals surface area contributed by atoms with E-state index in [0.717, 1.165) is 10.4 Å². The number of aliphatic hydroxyl groups is 1. The lowest BCUT2D eigenvalue weighted by Gasteiger charge is -2.11. The van der Waals surface area contributed by atoms with Crippen molar-refractivity contribution >= 4 is 33.0 Å². The van der Waals surface area contributed by atoms with Gasteiger partial charge in [-0.1, -0.05) is 23.7 Å². The normalized spacial score (nSPS) is 13.3. The zero-order valence-electron chi connectivity index (χ0n) is 10.7. The molecule has 0 aliphatic carbocycles. The summed E-state index contributed by atoms with van der Waals surface area (Å²) in [6, 6.07) is 8.09. The van der Waals surface area contributed by atoms with Gasteiger partial charge in [0.1, 0.15) is 6.10 Å². The molecule has 0 radical (unpaired) electrons. The fourth-order valence-electron chi connectivity index (χ4n) is 1.59. The number of benzene rings is 1. The first-order chi connectivity index (χ1) is 9.40. The van der Waals surface area contributed by atoms with E-state index in [1.54, 1.807) is 25.1 Å². The molecule has 0 aliphatic heterocycles. The van der Waals surface area contributed by atoms with Crippen LogP contribution in [0.4, 0.5) is 0 Å². The van der Waals surface area contributed by atoms with Crippen LogP contribution in [0.5, 0.6) is 0 Å². The van der Waals surface area contributed by atoms with E-state index < -0.39 is 16.1 Å². The highest BCUT2D eigenvalue weighted by atomic mass is 35.5. The summed E-state index contributed by atoms with van der Waals surface area (Å²) < 4.78 is 26.6. The molecule has 1 aromatic heterocycles. The fraction of sp³-hybridized carbons (Fsp3) is 0.231. The molecule has 0 aliphatic rings. The molecular weight excluding hydrogens is 318 g/mol. The summed E-state index contributed by atoms with van der Waals surface area (Å²) in [7, 11) is -3.68. The number of hydrogen-bond donors (Lipinski definition) is 2. The second-order valence-corrected chi connectivity index (χ2v) is 7.45. The number of rotatable bonds is 5. The van der Waals surface area contributed by atoms with Gasteiger partial charge in [-0.15, -0.1) is 11.3 Å². The molecule has 108 valence electrons. The van der Waals surface area contributed by atoms with Gasteiger partial charge in [-0.25, -0.2) is 13.1 Å². The maximum atomic E-state index is 12.1. The van der Waals surface area contributed by atoms with E-state index in [1.807, 2.05) is 5.38 Å². The third kappa shape index (κ3) is 3.59. The van der Waals surface area contributed by atoms with E-state index in [0.29, 0.717) is 5.02 Å². The molecule has 2 rings (SSSR count). The molecular formula is C13H14ClNO3S2. The third-order valence-corrected chi connectivity index (χ3v) is 5.59. The molecule has 0 unspecified atom stereocenters. The molecule has 4 nitrogen and oxygen atoms in total. The standard InChI is InChI=1S/C13H14ClNO3S2/c1-9-4-5-10(7-11(9)14)20(17,18)15-8-12(16)13-3-2-6-19-13/h2-7,12,15-16H,8H2,1H3/t12-/m1/s1. The van der Waals surface area contributed by atoms with E-state index in [2.05, 4.69) is 4.72 Å². The van der Waals surface area contributed by atoms with Gasteiger partial charge in [-0.3, -0.25) is 0 Å².